The van der Waals surface area contributed by atoms with Crippen molar-refractivity contribution in [2.45, 2.75) is 37.0 Å². The van der Waals surface area contributed by atoms with Gasteiger partial charge in [-0.1, -0.05) is 13.8 Å². The van der Waals surface area contributed by atoms with Gasteiger partial charge in [-0.05, 0) is 26.4 Å². The fourth-order valence-electron chi connectivity index (χ4n) is 3.11. The molecule has 2 aliphatic rings. The minimum atomic E-state index is 0.260. The molecule has 2 rings (SSSR count). The Balaban J connectivity index is 2.05. The lowest BCUT2D eigenvalue weighted by Gasteiger charge is -2.40. The summed E-state index contributed by atoms with van der Waals surface area (Å²) in [6.45, 7) is 10.3. The Bertz CT molecular complexity index is 269. The summed E-state index contributed by atoms with van der Waals surface area (Å²) >= 11 is 2.12. The number of thioether (sulfide) groups is 1. The van der Waals surface area contributed by atoms with E-state index in [0.29, 0.717) is 4.75 Å². The summed E-state index contributed by atoms with van der Waals surface area (Å²) < 4.78 is 0.440. The van der Waals surface area contributed by atoms with E-state index in [1.165, 1.54) is 38.2 Å². The lowest BCUT2D eigenvalue weighted by atomic mass is 9.95. The van der Waals surface area contributed by atoms with Gasteiger partial charge in [-0.3, -0.25) is 4.90 Å². The summed E-state index contributed by atoms with van der Waals surface area (Å²) in [6, 6.07) is 0. The van der Waals surface area contributed by atoms with Crippen LogP contribution in [0.25, 0.3) is 0 Å². The van der Waals surface area contributed by atoms with Crippen LogP contribution < -0.4 is 5.73 Å². The van der Waals surface area contributed by atoms with Crippen molar-refractivity contribution in [3.8, 4) is 0 Å². The molecular formula is C13H27N3S. The predicted octanol–water partition coefficient (Wildman–Crippen LogP) is 1.24. The van der Waals surface area contributed by atoms with E-state index in [0.717, 1.165) is 13.1 Å². The highest BCUT2D eigenvalue weighted by Crippen LogP contribution is 2.35. The monoisotopic (exact) mass is 257 g/mol. The maximum absolute atomic E-state index is 6.11. The quantitative estimate of drug-likeness (QED) is 0.807. The maximum Gasteiger partial charge on any atom is 0.0470 e. The van der Waals surface area contributed by atoms with Crippen LogP contribution >= 0.6 is 11.8 Å². The van der Waals surface area contributed by atoms with E-state index >= 15 is 0 Å². The van der Waals surface area contributed by atoms with Gasteiger partial charge in [0.1, 0.15) is 0 Å². The van der Waals surface area contributed by atoms with Gasteiger partial charge in [0.2, 0.25) is 0 Å². The molecule has 0 radical (unpaired) electrons. The number of likely N-dealkylation sites (tertiary alicyclic amines) is 1. The van der Waals surface area contributed by atoms with E-state index in [9.17, 15) is 0 Å². The van der Waals surface area contributed by atoms with Gasteiger partial charge in [0.25, 0.3) is 0 Å². The Kier molecular flexibility index (Phi) is 4.08. The second kappa shape index (κ2) is 5.08. The molecule has 0 amide bonds. The largest absolute Gasteiger partial charge is 0.329 e. The number of hydrogen-bond acceptors (Lipinski definition) is 4. The van der Waals surface area contributed by atoms with Crippen LogP contribution in [0.15, 0.2) is 0 Å². The fraction of sp³-hybridized carbons (Fsp3) is 1.00. The summed E-state index contributed by atoms with van der Waals surface area (Å²) in [5.41, 5.74) is 6.36. The zero-order valence-electron chi connectivity index (χ0n) is 11.5. The summed E-state index contributed by atoms with van der Waals surface area (Å²) in [7, 11) is 2.22. The van der Waals surface area contributed by atoms with Gasteiger partial charge in [0, 0.05) is 42.2 Å². The first-order chi connectivity index (χ1) is 7.97. The first-order valence-corrected chi connectivity index (χ1v) is 7.74. The first-order valence-electron chi connectivity index (χ1n) is 6.75. The molecule has 17 heavy (non-hydrogen) atoms. The first kappa shape index (κ1) is 13.7. The van der Waals surface area contributed by atoms with E-state index in [1.54, 1.807) is 0 Å². The Morgan fingerprint density at radius 1 is 1.18 bits per heavy atom. The van der Waals surface area contributed by atoms with Crippen molar-refractivity contribution in [1.82, 2.24) is 9.80 Å². The topological polar surface area (TPSA) is 32.5 Å². The molecule has 0 bridgehead atoms. The molecule has 1 atom stereocenters. The molecule has 0 aliphatic carbocycles. The number of nitrogens with zero attached hydrogens (tertiary/aromatic N) is 2. The summed E-state index contributed by atoms with van der Waals surface area (Å²) in [5, 5.41) is 0. The molecule has 2 heterocycles. The van der Waals surface area contributed by atoms with Gasteiger partial charge < -0.3 is 10.6 Å². The Hall–Kier alpha value is 0.230. The predicted molar refractivity (Wildman–Crippen MR) is 76.6 cm³/mol. The smallest absolute Gasteiger partial charge is 0.0470 e. The van der Waals surface area contributed by atoms with E-state index in [1.807, 2.05) is 0 Å². The van der Waals surface area contributed by atoms with Crippen molar-refractivity contribution < 1.29 is 0 Å². The zero-order valence-corrected chi connectivity index (χ0v) is 12.4. The fourth-order valence-corrected chi connectivity index (χ4v) is 4.21. The second-order valence-electron chi connectivity index (χ2n) is 6.26. The average molecular weight is 257 g/mol. The minimum Gasteiger partial charge on any atom is -0.329 e. The Labute approximate surface area is 110 Å². The van der Waals surface area contributed by atoms with E-state index in [4.69, 9.17) is 5.73 Å². The van der Waals surface area contributed by atoms with Gasteiger partial charge in [-0.2, -0.15) is 11.8 Å². The molecule has 0 aromatic heterocycles. The molecule has 0 saturated carbocycles. The molecule has 1 unspecified atom stereocenters. The normalized spacial score (nSPS) is 36.0. The van der Waals surface area contributed by atoms with Gasteiger partial charge in [-0.15, -0.1) is 0 Å². The molecular weight excluding hydrogens is 230 g/mol. The van der Waals surface area contributed by atoms with Crippen molar-refractivity contribution in [3.63, 3.8) is 0 Å². The maximum atomic E-state index is 6.11. The van der Waals surface area contributed by atoms with Crippen LogP contribution in [-0.4, -0.2) is 65.6 Å². The van der Waals surface area contributed by atoms with Crippen LogP contribution in [0.2, 0.25) is 0 Å². The van der Waals surface area contributed by atoms with Gasteiger partial charge in [-0.25, -0.2) is 0 Å². The van der Waals surface area contributed by atoms with Gasteiger partial charge in [0.15, 0.2) is 0 Å². The van der Waals surface area contributed by atoms with Crippen LogP contribution in [0.3, 0.4) is 0 Å². The summed E-state index contributed by atoms with van der Waals surface area (Å²) in [6.07, 6.45) is 2.52. The molecule has 2 aliphatic heterocycles. The Morgan fingerprint density at radius 2 is 1.94 bits per heavy atom. The van der Waals surface area contributed by atoms with Crippen molar-refractivity contribution in [1.29, 1.82) is 0 Å². The number of hydrogen-bond donors (Lipinski definition) is 1. The van der Waals surface area contributed by atoms with Gasteiger partial charge in [0.05, 0.1) is 0 Å². The minimum absolute atomic E-state index is 0.260. The van der Waals surface area contributed by atoms with Crippen molar-refractivity contribution >= 4 is 11.8 Å². The second-order valence-corrected chi connectivity index (χ2v) is 8.06. The molecule has 0 spiro atoms. The van der Waals surface area contributed by atoms with Crippen LogP contribution in [-0.2, 0) is 0 Å². The highest BCUT2D eigenvalue weighted by atomic mass is 32.2. The third-order valence-electron chi connectivity index (χ3n) is 4.41. The van der Waals surface area contributed by atoms with E-state index in [-0.39, 0.29) is 5.54 Å². The van der Waals surface area contributed by atoms with Crippen molar-refractivity contribution in [3.05, 3.63) is 0 Å². The number of nitrogens with two attached hydrogens (primary N) is 1. The molecule has 2 fully saturated rings. The van der Waals surface area contributed by atoms with Crippen LogP contribution in [0.1, 0.15) is 26.7 Å². The van der Waals surface area contributed by atoms with Crippen LogP contribution in [0.4, 0.5) is 0 Å². The standard InChI is InChI=1S/C13H27N3S/c1-12(2)4-7-16(8-9-17-12)13(10-14)5-6-15(3)11-13/h4-11,14H2,1-3H3. The Morgan fingerprint density at radius 3 is 2.53 bits per heavy atom. The van der Waals surface area contributed by atoms with E-state index in [2.05, 4.69) is 42.5 Å². The number of rotatable bonds is 2. The average Bonchev–Trinajstić information content (AvgIpc) is 2.56. The lowest BCUT2D eigenvalue weighted by Crippen LogP contribution is -2.56. The van der Waals surface area contributed by atoms with Crippen molar-refractivity contribution in [2.24, 2.45) is 5.73 Å². The van der Waals surface area contributed by atoms with Crippen molar-refractivity contribution in [2.75, 3.05) is 45.5 Å². The SMILES string of the molecule is CN1CCC(CN)(N2CCSC(C)(C)CC2)C1. The number of likely N-dealkylation sites (N-methyl/N-ethyl adjacent to an activating group) is 1. The molecule has 2 N–H and O–H groups in total. The highest BCUT2D eigenvalue weighted by molar-refractivity contribution is 8.00. The highest BCUT2D eigenvalue weighted by Gasteiger charge is 2.41. The van der Waals surface area contributed by atoms with Crippen LogP contribution in [0.5, 0.6) is 0 Å². The molecule has 0 aromatic carbocycles. The molecule has 4 heteroatoms. The molecule has 0 aromatic rings. The van der Waals surface area contributed by atoms with E-state index < -0.39 is 0 Å². The molecule has 100 valence electrons. The summed E-state index contributed by atoms with van der Waals surface area (Å²) in [5.74, 6) is 1.25. The molecule has 2 saturated heterocycles. The third kappa shape index (κ3) is 2.98. The molecule has 3 nitrogen and oxygen atoms in total. The zero-order chi connectivity index (χ0) is 12.5. The van der Waals surface area contributed by atoms with Gasteiger partial charge >= 0.3 is 0 Å². The lowest BCUT2D eigenvalue weighted by molar-refractivity contribution is 0.108. The summed E-state index contributed by atoms with van der Waals surface area (Å²) in [4.78, 5) is 5.11. The third-order valence-corrected chi connectivity index (χ3v) is 5.78. The van der Waals surface area contributed by atoms with Crippen LogP contribution in [0, 0.1) is 0 Å².